The number of aromatic nitrogens is 2. The Balaban J connectivity index is 1.72. The number of halogens is 3. The van der Waals surface area contributed by atoms with Gasteiger partial charge in [-0.05, 0) is 29.8 Å². The van der Waals surface area contributed by atoms with E-state index in [9.17, 15) is 9.90 Å². The number of benzene rings is 2. The largest absolute Gasteiger partial charge is 0.505 e. The molecule has 0 aliphatic heterocycles. The minimum absolute atomic E-state index is 0.0426. The number of nitrogens with zero attached hydrogens (tertiary/aromatic N) is 2. The Hall–Kier alpha value is -2.28. The van der Waals surface area contributed by atoms with Gasteiger partial charge in [0.25, 0.3) is 0 Å². The van der Waals surface area contributed by atoms with Crippen LogP contribution in [0.5, 0.6) is 5.75 Å². The van der Waals surface area contributed by atoms with E-state index in [1.54, 1.807) is 24.3 Å². The molecular formula is C16H10Cl3N3O3. The molecule has 3 aromatic rings. The van der Waals surface area contributed by atoms with E-state index in [-0.39, 0.29) is 34.1 Å². The lowest BCUT2D eigenvalue weighted by atomic mass is 10.2. The van der Waals surface area contributed by atoms with Crippen LogP contribution in [0, 0.1) is 0 Å². The van der Waals surface area contributed by atoms with Gasteiger partial charge in [0.15, 0.2) is 5.75 Å². The maximum absolute atomic E-state index is 12.1. The highest BCUT2D eigenvalue weighted by molar-refractivity contribution is 6.37. The van der Waals surface area contributed by atoms with Gasteiger partial charge in [-0.3, -0.25) is 4.79 Å². The van der Waals surface area contributed by atoms with Crippen molar-refractivity contribution in [1.29, 1.82) is 0 Å². The van der Waals surface area contributed by atoms with E-state index in [1.807, 2.05) is 0 Å². The zero-order valence-corrected chi connectivity index (χ0v) is 14.7. The van der Waals surface area contributed by atoms with Crippen molar-refractivity contribution in [2.24, 2.45) is 0 Å². The van der Waals surface area contributed by atoms with Crippen molar-refractivity contribution in [1.82, 2.24) is 15.5 Å². The Kier molecular flexibility index (Phi) is 5.13. The lowest BCUT2D eigenvalue weighted by molar-refractivity contribution is 0.0907. The SMILES string of the molecule is O=C(NCc1ccc(Cl)cc1)c1nc(-c2cc(Cl)c(O)c(Cl)c2)no1. The number of hydrogen-bond acceptors (Lipinski definition) is 5. The molecule has 0 aliphatic rings. The zero-order chi connectivity index (χ0) is 18.0. The Bertz CT molecular complexity index is 903. The van der Waals surface area contributed by atoms with Crippen LogP contribution in [0.3, 0.4) is 0 Å². The first-order valence-electron chi connectivity index (χ1n) is 6.99. The van der Waals surface area contributed by atoms with Crippen molar-refractivity contribution in [2.75, 3.05) is 0 Å². The van der Waals surface area contributed by atoms with Gasteiger partial charge in [-0.1, -0.05) is 52.1 Å². The molecule has 128 valence electrons. The Morgan fingerprint density at radius 1 is 1.12 bits per heavy atom. The molecule has 0 unspecified atom stereocenters. The summed E-state index contributed by atoms with van der Waals surface area (Å²) in [5.74, 6) is -0.842. The summed E-state index contributed by atoms with van der Waals surface area (Å²) in [5.41, 5.74) is 1.28. The molecule has 6 nitrogen and oxygen atoms in total. The summed E-state index contributed by atoms with van der Waals surface area (Å²) < 4.78 is 4.96. The number of carbonyl (C=O) groups is 1. The molecule has 1 aromatic heterocycles. The summed E-state index contributed by atoms with van der Waals surface area (Å²) in [6, 6.07) is 9.88. The predicted molar refractivity (Wildman–Crippen MR) is 94.0 cm³/mol. The van der Waals surface area contributed by atoms with Crippen LogP contribution < -0.4 is 5.32 Å². The maximum atomic E-state index is 12.1. The molecule has 0 aliphatic carbocycles. The first-order valence-corrected chi connectivity index (χ1v) is 8.12. The molecule has 25 heavy (non-hydrogen) atoms. The van der Waals surface area contributed by atoms with Crippen molar-refractivity contribution in [3.05, 3.63) is 62.9 Å². The average Bonchev–Trinajstić information content (AvgIpc) is 3.08. The molecule has 2 aromatic carbocycles. The van der Waals surface area contributed by atoms with E-state index < -0.39 is 5.91 Å². The summed E-state index contributed by atoms with van der Waals surface area (Å²) in [5, 5.41) is 16.6. The Morgan fingerprint density at radius 3 is 2.40 bits per heavy atom. The van der Waals surface area contributed by atoms with Gasteiger partial charge in [0.05, 0.1) is 10.0 Å². The molecule has 0 bridgehead atoms. The quantitative estimate of drug-likeness (QED) is 0.683. The second-order valence-electron chi connectivity index (χ2n) is 5.02. The molecule has 0 saturated heterocycles. The summed E-state index contributed by atoms with van der Waals surface area (Å²) >= 11 is 17.5. The normalized spacial score (nSPS) is 10.7. The van der Waals surface area contributed by atoms with Crippen LogP contribution >= 0.6 is 34.8 Å². The topological polar surface area (TPSA) is 88.2 Å². The predicted octanol–water partition coefficient (Wildman–Crippen LogP) is 4.33. The number of phenolic OH excluding ortho intramolecular Hbond substituents is 1. The van der Waals surface area contributed by atoms with Gasteiger partial charge in [0.1, 0.15) is 0 Å². The number of amides is 1. The fourth-order valence-electron chi connectivity index (χ4n) is 1.99. The molecule has 1 heterocycles. The number of aromatic hydroxyl groups is 1. The summed E-state index contributed by atoms with van der Waals surface area (Å²) in [4.78, 5) is 16.1. The molecule has 1 amide bonds. The van der Waals surface area contributed by atoms with E-state index in [2.05, 4.69) is 15.5 Å². The Morgan fingerprint density at radius 2 is 1.76 bits per heavy atom. The number of carbonyl (C=O) groups excluding carboxylic acids is 1. The zero-order valence-electron chi connectivity index (χ0n) is 12.5. The lowest BCUT2D eigenvalue weighted by Crippen LogP contribution is -2.23. The molecule has 0 fully saturated rings. The van der Waals surface area contributed by atoms with E-state index in [4.69, 9.17) is 39.3 Å². The number of hydrogen-bond donors (Lipinski definition) is 2. The summed E-state index contributed by atoms with van der Waals surface area (Å²) in [6.07, 6.45) is 0. The molecule has 9 heteroatoms. The molecule has 0 spiro atoms. The van der Waals surface area contributed by atoms with Crippen LogP contribution in [0.25, 0.3) is 11.4 Å². The third-order valence-corrected chi connectivity index (χ3v) is 4.09. The van der Waals surface area contributed by atoms with E-state index >= 15 is 0 Å². The maximum Gasteiger partial charge on any atom is 0.316 e. The van der Waals surface area contributed by atoms with Crippen LogP contribution in [-0.4, -0.2) is 21.2 Å². The lowest BCUT2D eigenvalue weighted by Gasteiger charge is -2.02. The highest BCUT2D eigenvalue weighted by atomic mass is 35.5. The fourth-order valence-corrected chi connectivity index (χ4v) is 2.60. The van der Waals surface area contributed by atoms with Crippen molar-refractivity contribution >= 4 is 40.7 Å². The number of nitrogens with one attached hydrogen (secondary N) is 1. The van der Waals surface area contributed by atoms with Crippen molar-refractivity contribution in [3.8, 4) is 17.1 Å². The highest BCUT2D eigenvalue weighted by Crippen LogP contribution is 2.35. The average molecular weight is 399 g/mol. The summed E-state index contributed by atoms with van der Waals surface area (Å²) in [6.45, 7) is 0.282. The van der Waals surface area contributed by atoms with E-state index in [0.29, 0.717) is 10.6 Å². The molecule has 0 radical (unpaired) electrons. The second-order valence-corrected chi connectivity index (χ2v) is 6.27. The van der Waals surface area contributed by atoms with Crippen LogP contribution in [0.4, 0.5) is 0 Å². The molecule has 3 rings (SSSR count). The van der Waals surface area contributed by atoms with Gasteiger partial charge in [0, 0.05) is 17.1 Å². The minimum Gasteiger partial charge on any atom is -0.505 e. The second kappa shape index (κ2) is 7.31. The Labute approximate surface area is 157 Å². The van der Waals surface area contributed by atoms with Crippen LogP contribution in [0.1, 0.15) is 16.2 Å². The van der Waals surface area contributed by atoms with Crippen LogP contribution in [0.2, 0.25) is 15.1 Å². The van der Waals surface area contributed by atoms with Crippen molar-refractivity contribution < 1.29 is 14.4 Å². The van der Waals surface area contributed by atoms with Gasteiger partial charge >= 0.3 is 11.8 Å². The smallest absolute Gasteiger partial charge is 0.316 e. The van der Waals surface area contributed by atoms with E-state index in [1.165, 1.54) is 12.1 Å². The van der Waals surface area contributed by atoms with Crippen LogP contribution in [-0.2, 0) is 6.54 Å². The highest BCUT2D eigenvalue weighted by Gasteiger charge is 2.17. The molecule has 2 N–H and O–H groups in total. The van der Waals surface area contributed by atoms with Crippen molar-refractivity contribution in [2.45, 2.75) is 6.54 Å². The molecule has 0 saturated carbocycles. The monoisotopic (exact) mass is 397 g/mol. The number of rotatable bonds is 4. The van der Waals surface area contributed by atoms with E-state index in [0.717, 1.165) is 5.56 Å². The van der Waals surface area contributed by atoms with Gasteiger partial charge in [-0.25, -0.2) is 0 Å². The van der Waals surface area contributed by atoms with Crippen molar-refractivity contribution in [3.63, 3.8) is 0 Å². The van der Waals surface area contributed by atoms with Gasteiger partial charge in [-0.2, -0.15) is 4.98 Å². The van der Waals surface area contributed by atoms with Gasteiger partial charge in [0.2, 0.25) is 5.82 Å². The molecule has 0 atom stereocenters. The standard InChI is InChI=1S/C16H10Cl3N3O3/c17-10-3-1-8(2-4-10)7-20-15(24)16-21-14(22-25-16)9-5-11(18)13(23)12(19)6-9/h1-6,23H,7H2,(H,20,24). The van der Waals surface area contributed by atoms with Crippen LogP contribution in [0.15, 0.2) is 40.9 Å². The number of phenols is 1. The third kappa shape index (κ3) is 4.04. The minimum atomic E-state index is -0.523. The first-order chi connectivity index (χ1) is 11.9. The van der Waals surface area contributed by atoms with Gasteiger partial charge in [-0.15, -0.1) is 0 Å². The fraction of sp³-hybridized carbons (Fsp3) is 0.0625. The molecular weight excluding hydrogens is 389 g/mol. The van der Waals surface area contributed by atoms with Gasteiger partial charge < -0.3 is 14.9 Å². The third-order valence-electron chi connectivity index (χ3n) is 3.26. The first kappa shape index (κ1) is 17.5. The summed E-state index contributed by atoms with van der Waals surface area (Å²) in [7, 11) is 0.